The van der Waals surface area contributed by atoms with E-state index in [1.807, 2.05) is 6.07 Å². The molecule has 1 unspecified atom stereocenters. The number of alkyl halides is 2. The van der Waals surface area contributed by atoms with Gasteiger partial charge < -0.3 is 15.2 Å². The summed E-state index contributed by atoms with van der Waals surface area (Å²) in [5.74, 6) is -2.46. The van der Waals surface area contributed by atoms with Crippen molar-refractivity contribution in [1.29, 1.82) is 0 Å². The van der Waals surface area contributed by atoms with Crippen LogP contribution in [-0.4, -0.2) is 28.3 Å². The Labute approximate surface area is 190 Å². The van der Waals surface area contributed by atoms with Crippen LogP contribution in [0.25, 0.3) is 11.1 Å². The number of aliphatic imine (C=N–C) groups is 1. The average molecular weight is 450 g/mol. The highest BCUT2D eigenvalue weighted by atomic mass is 19.3. The SMILES string of the molecule is CC(C)(C)COc1ccc2c(c1)C1(CC(F)(F)C(N)=N1)c1cc(-c3cncnc3)ccc1O2. The number of benzene rings is 2. The summed E-state index contributed by atoms with van der Waals surface area (Å²) < 4.78 is 41.7. The smallest absolute Gasteiger partial charge is 0.306 e. The first-order chi connectivity index (χ1) is 15.6. The van der Waals surface area contributed by atoms with E-state index in [2.05, 4.69) is 35.7 Å². The molecule has 2 N–H and O–H groups in total. The van der Waals surface area contributed by atoms with E-state index in [0.717, 1.165) is 11.1 Å². The normalized spacial score (nSPS) is 20.6. The standard InChI is InChI=1S/C25H24F2N4O2/c1-23(2,3)13-32-17-5-7-21-19(9-17)24(12-25(26,27)22(28)31-24)18-8-15(4-6-20(18)33-21)16-10-29-14-30-11-16/h4-11,14H,12-13H2,1-3H3,(H2,28,31). The van der Waals surface area contributed by atoms with Gasteiger partial charge in [0.15, 0.2) is 5.84 Å². The van der Waals surface area contributed by atoms with Crippen LogP contribution in [0.3, 0.4) is 0 Å². The Balaban J connectivity index is 1.67. The lowest BCUT2D eigenvalue weighted by Gasteiger charge is -2.35. The van der Waals surface area contributed by atoms with Crippen LogP contribution in [0.1, 0.15) is 38.3 Å². The number of aromatic nitrogens is 2. The molecule has 2 aliphatic heterocycles. The molecule has 0 fully saturated rings. The quantitative estimate of drug-likeness (QED) is 0.584. The molecule has 1 aromatic heterocycles. The molecule has 33 heavy (non-hydrogen) atoms. The number of ether oxygens (including phenoxy) is 2. The predicted octanol–water partition coefficient (Wildman–Crippen LogP) is 5.31. The first-order valence-electron chi connectivity index (χ1n) is 10.7. The number of nitrogens with zero attached hydrogens (tertiary/aromatic N) is 3. The second-order valence-electron chi connectivity index (χ2n) is 9.69. The van der Waals surface area contributed by atoms with Crippen LogP contribution < -0.4 is 15.2 Å². The minimum absolute atomic E-state index is 0.0632. The first-order valence-corrected chi connectivity index (χ1v) is 10.7. The van der Waals surface area contributed by atoms with Crippen molar-refractivity contribution in [2.24, 2.45) is 16.1 Å². The maximum Gasteiger partial charge on any atom is 0.306 e. The largest absolute Gasteiger partial charge is 0.493 e. The highest BCUT2D eigenvalue weighted by Gasteiger charge is 2.56. The molecule has 6 nitrogen and oxygen atoms in total. The third-order valence-corrected chi connectivity index (χ3v) is 5.77. The molecular weight excluding hydrogens is 426 g/mol. The Morgan fingerprint density at radius 2 is 1.67 bits per heavy atom. The maximum atomic E-state index is 14.8. The van der Waals surface area contributed by atoms with Gasteiger partial charge in [0.2, 0.25) is 0 Å². The minimum Gasteiger partial charge on any atom is -0.493 e. The maximum absolute atomic E-state index is 14.8. The third-order valence-electron chi connectivity index (χ3n) is 5.77. The minimum atomic E-state index is -3.25. The van der Waals surface area contributed by atoms with Gasteiger partial charge in [0.1, 0.15) is 29.1 Å². The zero-order valence-electron chi connectivity index (χ0n) is 18.6. The van der Waals surface area contributed by atoms with E-state index in [4.69, 9.17) is 15.2 Å². The van der Waals surface area contributed by atoms with Gasteiger partial charge in [-0.3, -0.25) is 4.99 Å². The molecule has 3 aromatic rings. The summed E-state index contributed by atoms with van der Waals surface area (Å²) in [7, 11) is 0. The van der Waals surface area contributed by atoms with Crippen LogP contribution in [0.2, 0.25) is 0 Å². The summed E-state index contributed by atoms with van der Waals surface area (Å²) in [4.78, 5) is 12.5. The van der Waals surface area contributed by atoms with Crippen LogP contribution in [0.5, 0.6) is 17.2 Å². The summed E-state index contributed by atoms with van der Waals surface area (Å²) in [6.07, 6.45) is 4.17. The van der Waals surface area contributed by atoms with Crippen molar-refractivity contribution in [2.75, 3.05) is 6.61 Å². The van der Waals surface area contributed by atoms with Gasteiger partial charge >= 0.3 is 5.92 Å². The number of nitrogens with two attached hydrogens (primary N) is 1. The molecule has 0 radical (unpaired) electrons. The highest BCUT2D eigenvalue weighted by molar-refractivity contribution is 5.91. The fourth-order valence-electron chi connectivity index (χ4n) is 4.19. The summed E-state index contributed by atoms with van der Waals surface area (Å²) in [6, 6.07) is 10.7. The van der Waals surface area contributed by atoms with Crippen molar-refractivity contribution >= 4 is 5.84 Å². The molecule has 8 heteroatoms. The average Bonchev–Trinajstić information content (AvgIpc) is 3.02. The molecule has 0 amide bonds. The second-order valence-corrected chi connectivity index (χ2v) is 9.69. The Morgan fingerprint density at radius 1 is 1.00 bits per heavy atom. The molecule has 0 saturated heterocycles. The first kappa shape index (κ1) is 21.3. The van der Waals surface area contributed by atoms with E-state index >= 15 is 0 Å². The van der Waals surface area contributed by atoms with Crippen molar-refractivity contribution in [3.63, 3.8) is 0 Å². The van der Waals surface area contributed by atoms with Gasteiger partial charge in [-0.1, -0.05) is 26.8 Å². The molecule has 5 rings (SSSR count). The Hall–Kier alpha value is -3.55. The Bertz CT molecular complexity index is 1260. The van der Waals surface area contributed by atoms with E-state index in [1.165, 1.54) is 6.33 Å². The topological polar surface area (TPSA) is 82.6 Å². The van der Waals surface area contributed by atoms with Gasteiger partial charge in [0.05, 0.1) is 13.0 Å². The predicted molar refractivity (Wildman–Crippen MR) is 121 cm³/mol. The van der Waals surface area contributed by atoms with E-state index < -0.39 is 23.7 Å². The lowest BCUT2D eigenvalue weighted by molar-refractivity contribution is 0.0614. The van der Waals surface area contributed by atoms with E-state index in [1.54, 1.807) is 42.7 Å². The monoisotopic (exact) mass is 450 g/mol. The summed E-state index contributed by atoms with van der Waals surface area (Å²) in [5, 5.41) is 0. The second kappa shape index (κ2) is 7.23. The van der Waals surface area contributed by atoms with Gasteiger partial charge in [-0.25, -0.2) is 9.97 Å². The number of rotatable bonds is 3. The fraction of sp³-hybridized carbons (Fsp3) is 0.320. The van der Waals surface area contributed by atoms with Gasteiger partial charge in [0.25, 0.3) is 0 Å². The summed E-state index contributed by atoms with van der Waals surface area (Å²) in [6.45, 7) is 6.65. The third kappa shape index (κ3) is 3.69. The van der Waals surface area contributed by atoms with Crippen molar-refractivity contribution in [2.45, 2.75) is 38.7 Å². The van der Waals surface area contributed by atoms with E-state index in [-0.39, 0.29) is 5.41 Å². The Kier molecular flexibility index (Phi) is 4.67. The van der Waals surface area contributed by atoms with Gasteiger partial charge in [-0.15, -0.1) is 0 Å². The van der Waals surface area contributed by atoms with Gasteiger partial charge in [0, 0.05) is 29.1 Å². The summed E-state index contributed by atoms with van der Waals surface area (Å²) >= 11 is 0. The molecule has 0 bridgehead atoms. The molecule has 0 saturated carbocycles. The van der Waals surface area contributed by atoms with Crippen LogP contribution in [0.4, 0.5) is 8.78 Å². The number of hydrogen-bond acceptors (Lipinski definition) is 6. The van der Waals surface area contributed by atoms with Crippen molar-refractivity contribution in [1.82, 2.24) is 9.97 Å². The van der Waals surface area contributed by atoms with E-state index in [0.29, 0.717) is 35.0 Å². The molecule has 170 valence electrons. The number of amidine groups is 1. The lowest BCUT2D eigenvalue weighted by Crippen LogP contribution is -2.34. The van der Waals surface area contributed by atoms with Gasteiger partial charge in [-0.05, 0) is 41.3 Å². The zero-order chi connectivity index (χ0) is 23.4. The Morgan fingerprint density at radius 3 is 2.30 bits per heavy atom. The molecule has 1 spiro atoms. The van der Waals surface area contributed by atoms with Crippen LogP contribution in [0, 0.1) is 5.41 Å². The molecule has 2 aromatic carbocycles. The number of hydrogen-bond donors (Lipinski definition) is 1. The molecule has 3 heterocycles. The number of halogens is 2. The van der Waals surface area contributed by atoms with Gasteiger partial charge in [-0.2, -0.15) is 8.78 Å². The van der Waals surface area contributed by atoms with Crippen LogP contribution in [0.15, 0.2) is 60.1 Å². The molecule has 2 aliphatic rings. The highest BCUT2D eigenvalue weighted by Crippen LogP contribution is 2.57. The molecular formula is C25H24F2N4O2. The van der Waals surface area contributed by atoms with Crippen molar-refractivity contribution in [3.05, 3.63) is 66.2 Å². The van der Waals surface area contributed by atoms with Crippen molar-refractivity contribution in [3.8, 4) is 28.4 Å². The molecule has 1 atom stereocenters. The number of fused-ring (bicyclic) bond motifs is 4. The van der Waals surface area contributed by atoms with Crippen molar-refractivity contribution < 1.29 is 18.3 Å². The van der Waals surface area contributed by atoms with Crippen LogP contribution in [-0.2, 0) is 5.54 Å². The lowest BCUT2D eigenvalue weighted by atomic mass is 9.77. The molecule has 0 aliphatic carbocycles. The fourth-order valence-corrected chi connectivity index (χ4v) is 4.19. The zero-order valence-corrected chi connectivity index (χ0v) is 18.6. The van der Waals surface area contributed by atoms with Crippen LogP contribution >= 0.6 is 0 Å². The summed E-state index contributed by atoms with van der Waals surface area (Å²) in [5.41, 5.74) is 6.82. The van der Waals surface area contributed by atoms with E-state index in [9.17, 15) is 8.78 Å².